The molecular weight excluding hydrogens is 278 g/mol. The molecule has 0 spiro atoms. The average Bonchev–Trinajstić information content (AvgIpc) is 2.58. The molecule has 0 fully saturated rings. The van der Waals surface area contributed by atoms with Gasteiger partial charge in [-0.1, -0.05) is 70.4 Å². The molecule has 0 amide bonds. The molecule has 0 saturated carbocycles. The van der Waals surface area contributed by atoms with Gasteiger partial charge >= 0.3 is 0 Å². The number of para-hydroxylation sites is 1. The number of hydrogen-bond donors (Lipinski definition) is 0. The molecule has 1 heterocycles. The first-order valence-corrected chi connectivity index (χ1v) is 9.71. The largest absolute Gasteiger partial charge is 0.212 e. The molecule has 2 aromatic rings. The molecule has 2 rings (SSSR count). The molecule has 0 N–H and O–H groups in total. The molecule has 1 aromatic carbocycles. The summed E-state index contributed by atoms with van der Waals surface area (Å²) in [6.45, 7) is 5.67. The maximum absolute atomic E-state index is 2.49. The third-order valence-corrected chi connectivity index (χ3v) is 4.89. The molecule has 126 valence electrons. The van der Waals surface area contributed by atoms with E-state index in [1.807, 2.05) is 0 Å². The molecular formula is C22H34N+. The van der Waals surface area contributed by atoms with Crippen LogP contribution in [0.3, 0.4) is 0 Å². The van der Waals surface area contributed by atoms with Gasteiger partial charge in [0.2, 0.25) is 5.52 Å². The summed E-state index contributed by atoms with van der Waals surface area (Å²) in [5.41, 5.74) is 2.75. The van der Waals surface area contributed by atoms with Crippen LogP contribution in [0.4, 0.5) is 0 Å². The predicted octanol–water partition coefficient (Wildman–Crippen LogP) is 6.36. The summed E-state index contributed by atoms with van der Waals surface area (Å²) in [7, 11) is 0. The van der Waals surface area contributed by atoms with Crippen molar-refractivity contribution in [3.05, 3.63) is 42.1 Å². The van der Waals surface area contributed by atoms with Crippen molar-refractivity contribution in [2.75, 3.05) is 0 Å². The molecule has 0 radical (unpaired) electrons. The van der Waals surface area contributed by atoms with Gasteiger partial charge in [0, 0.05) is 30.9 Å². The Labute approximate surface area is 142 Å². The van der Waals surface area contributed by atoms with Crippen LogP contribution in [0.2, 0.25) is 0 Å². The molecule has 0 aliphatic carbocycles. The van der Waals surface area contributed by atoms with Gasteiger partial charge in [-0.25, -0.2) is 0 Å². The van der Waals surface area contributed by atoms with Gasteiger partial charge in [0.25, 0.3) is 0 Å². The van der Waals surface area contributed by atoms with Crippen LogP contribution in [-0.2, 0) is 6.54 Å². The Morgan fingerprint density at radius 3 is 2.00 bits per heavy atom. The maximum atomic E-state index is 2.49. The van der Waals surface area contributed by atoms with Gasteiger partial charge in [-0.3, -0.25) is 0 Å². The molecule has 1 heteroatoms. The SMILES string of the molecule is CCCCCCCCCCCC[n+]1c(C)ccc2ccccc21. The quantitative estimate of drug-likeness (QED) is 0.336. The molecule has 0 aliphatic heterocycles. The molecule has 23 heavy (non-hydrogen) atoms. The minimum Gasteiger partial charge on any atom is -0.196 e. The van der Waals surface area contributed by atoms with Crippen molar-refractivity contribution in [1.82, 2.24) is 0 Å². The monoisotopic (exact) mass is 312 g/mol. The van der Waals surface area contributed by atoms with Crippen molar-refractivity contribution in [2.45, 2.75) is 84.6 Å². The molecule has 1 nitrogen and oxygen atoms in total. The highest BCUT2D eigenvalue weighted by Crippen LogP contribution is 2.12. The first-order chi connectivity index (χ1) is 11.3. The first-order valence-electron chi connectivity index (χ1n) is 9.71. The maximum Gasteiger partial charge on any atom is 0.212 e. The van der Waals surface area contributed by atoms with Gasteiger partial charge < -0.3 is 0 Å². The molecule has 0 aliphatic rings. The second-order valence-corrected chi connectivity index (χ2v) is 6.87. The zero-order valence-corrected chi connectivity index (χ0v) is 15.2. The van der Waals surface area contributed by atoms with Gasteiger partial charge in [0.05, 0.1) is 0 Å². The molecule has 0 atom stereocenters. The molecule has 0 bridgehead atoms. The predicted molar refractivity (Wildman–Crippen MR) is 101 cm³/mol. The zero-order chi connectivity index (χ0) is 16.3. The number of benzene rings is 1. The number of pyridine rings is 1. The van der Waals surface area contributed by atoms with E-state index in [2.05, 4.69) is 54.8 Å². The van der Waals surface area contributed by atoms with Gasteiger partial charge in [-0.2, -0.15) is 4.57 Å². The molecule has 0 saturated heterocycles. The highest BCUT2D eigenvalue weighted by molar-refractivity contribution is 5.75. The van der Waals surface area contributed by atoms with E-state index in [-0.39, 0.29) is 0 Å². The van der Waals surface area contributed by atoms with Crippen molar-refractivity contribution >= 4 is 10.9 Å². The lowest BCUT2D eigenvalue weighted by Crippen LogP contribution is -2.37. The fraction of sp³-hybridized carbons (Fsp3) is 0.591. The van der Waals surface area contributed by atoms with Crippen molar-refractivity contribution in [2.24, 2.45) is 0 Å². The van der Waals surface area contributed by atoms with Crippen LogP contribution in [-0.4, -0.2) is 0 Å². The summed E-state index contributed by atoms with van der Waals surface area (Å²) in [5, 5.41) is 1.35. The van der Waals surface area contributed by atoms with E-state index in [0.29, 0.717) is 0 Å². The summed E-state index contributed by atoms with van der Waals surface area (Å²) >= 11 is 0. The van der Waals surface area contributed by atoms with Gasteiger partial charge in [0.1, 0.15) is 6.54 Å². The van der Waals surface area contributed by atoms with Crippen LogP contribution in [0, 0.1) is 6.92 Å². The van der Waals surface area contributed by atoms with Crippen LogP contribution in [0.1, 0.15) is 76.8 Å². The fourth-order valence-electron chi connectivity index (χ4n) is 3.42. The van der Waals surface area contributed by atoms with Gasteiger partial charge in [0.15, 0.2) is 5.69 Å². The van der Waals surface area contributed by atoms with Crippen LogP contribution in [0.15, 0.2) is 36.4 Å². The summed E-state index contributed by atoms with van der Waals surface area (Å²) in [6.07, 6.45) is 14.0. The Balaban J connectivity index is 1.66. The lowest BCUT2D eigenvalue weighted by molar-refractivity contribution is -0.677. The zero-order valence-electron chi connectivity index (χ0n) is 15.2. The number of fused-ring (bicyclic) bond motifs is 1. The van der Waals surface area contributed by atoms with Crippen molar-refractivity contribution in [3.63, 3.8) is 0 Å². The number of nitrogens with zero attached hydrogens (tertiary/aromatic N) is 1. The van der Waals surface area contributed by atoms with Crippen LogP contribution < -0.4 is 4.57 Å². The van der Waals surface area contributed by atoms with E-state index in [9.17, 15) is 0 Å². The van der Waals surface area contributed by atoms with E-state index >= 15 is 0 Å². The number of unbranched alkanes of at least 4 members (excludes halogenated alkanes) is 9. The third-order valence-electron chi connectivity index (χ3n) is 4.89. The lowest BCUT2D eigenvalue weighted by Gasteiger charge is -2.05. The van der Waals surface area contributed by atoms with E-state index in [1.54, 1.807) is 0 Å². The summed E-state index contributed by atoms with van der Waals surface area (Å²) in [5.74, 6) is 0. The number of aryl methyl sites for hydroxylation is 2. The second kappa shape index (κ2) is 10.4. The van der Waals surface area contributed by atoms with Gasteiger partial charge in [-0.05, 0) is 18.6 Å². The van der Waals surface area contributed by atoms with Crippen molar-refractivity contribution in [3.8, 4) is 0 Å². The Morgan fingerprint density at radius 2 is 1.30 bits per heavy atom. The normalized spacial score (nSPS) is 11.2. The second-order valence-electron chi connectivity index (χ2n) is 6.87. The highest BCUT2D eigenvalue weighted by atomic mass is 15.0. The minimum atomic E-state index is 1.16. The topological polar surface area (TPSA) is 3.88 Å². The summed E-state index contributed by atoms with van der Waals surface area (Å²) in [6, 6.07) is 13.2. The lowest BCUT2D eigenvalue weighted by atomic mass is 10.1. The minimum absolute atomic E-state index is 1.16. The Bertz CT molecular complexity index is 573. The summed E-state index contributed by atoms with van der Waals surface area (Å²) < 4.78 is 2.49. The smallest absolute Gasteiger partial charge is 0.196 e. The van der Waals surface area contributed by atoms with Crippen LogP contribution in [0.25, 0.3) is 10.9 Å². The fourth-order valence-corrected chi connectivity index (χ4v) is 3.42. The third kappa shape index (κ3) is 5.97. The van der Waals surface area contributed by atoms with Crippen LogP contribution in [0.5, 0.6) is 0 Å². The van der Waals surface area contributed by atoms with Crippen molar-refractivity contribution < 1.29 is 4.57 Å². The number of hydrogen-bond acceptors (Lipinski definition) is 0. The molecule has 1 aromatic heterocycles. The highest BCUT2D eigenvalue weighted by Gasteiger charge is 2.11. The number of rotatable bonds is 11. The molecule has 0 unspecified atom stereocenters. The van der Waals surface area contributed by atoms with Crippen LogP contribution >= 0.6 is 0 Å². The first kappa shape index (κ1) is 18.0. The van der Waals surface area contributed by atoms with Gasteiger partial charge in [-0.15, -0.1) is 0 Å². The van der Waals surface area contributed by atoms with E-state index in [0.717, 1.165) is 6.54 Å². The van der Waals surface area contributed by atoms with E-state index < -0.39 is 0 Å². The standard InChI is InChI=1S/C22H34N/c1-3-4-5-6-7-8-9-10-11-14-19-23-20(2)17-18-21-15-12-13-16-22(21)23/h12-13,15-18H,3-11,14,19H2,1-2H3/q+1. The number of aromatic nitrogens is 1. The summed E-state index contributed by atoms with van der Waals surface area (Å²) in [4.78, 5) is 0. The Morgan fingerprint density at radius 1 is 0.696 bits per heavy atom. The Hall–Kier alpha value is -1.37. The van der Waals surface area contributed by atoms with E-state index in [4.69, 9.17) is 0 Å². The Kier molecular flexibility index (Phi) is 8.14. The van der Waals surface area contributed by atoms with Crippen molar-refractivity contribution in [1.29, 1.82) is 0 Å². The van der Waals surface area contributed by atoms with E-state index in [1.165, 1.54) is 80.8 Å². The average molecular weight is 313 g/mol.